The third-order valence-electron chi connectivity index (χ3n) is 3.06. The average molecular weight is 227 g/mol. The summed E-state index contributed by atoms with van der Waals surface area (Å²) in [4.78, 5) is 11.7. The zero-order chi connectivity index (χ0) is 12.8. The van der Waals surface area contributed by atoms with Gasteiger partial charge in [0.25, 0.3) is 0 Å². The van der Waals surface area contributed by atoms with Crippen molar-refractivity contribution in [1.29, 1.82) is 0 Å². The molecule has 0 aliphatic heterocycles. The van der Waals surface area contributed by atoms with E-state index in [-0.39, 0.29) is 10.8 Å². The number of Topliss-reactive ketones (excluding diaryl/α,β-unsaturated/α-hetero) is 1. The van der Waals surface area contributed by atoms with Crippen LogP contribution in [0.4, 0.5) is 0 Å². The zero-order valence-electron chi connectivity index (χ0n) is 11.7. The Morgan fingerprint density at radius 2 is 1.44 bits per heavy atom. The summed E-state index contributed by atoms with van der Waals surface area (Å²) in [7, 11) is 0. The van der Waals surface area contributed by atoms with Crippen LogP contribution < -0.4 is 5.73 Å². The van der Waals surface area contributed by atoms with Crippen LogP contribution in [-0.4, -0.2) is 12.3 Å². The smallest absolute Gasteiger partial charge is 0.132 e. The lowest BCUT2D eigenvalue weighted by molar-refractivity contribution is -0.120. The predicted molar refractivity (Wildman–Crippen MR) is 70.4 cm³/mol. The molecule has 0 radical (unpaired) electrons. The van der Waals surface area contributed by atoms with Crippen molar-refractivity contribution in [2.24, 2.45) is 16.6 Å². The van der Waals surface area contributed by atoms with Gasteiger partial charge < -0.3 is 5.73 Å². The molecule has 0 unspecified atom stereocenters. The summed E-state index contributed by atoms with van der Waals surface area (Å²) in [5.41, 5.74) is 6.03. The van der Waals surface area contributed by atoms with Crippen molar-refractivity contribution < 1.29 is 4.79 Å². The van der Waals surface area contributed by atoms with Gasteiger partial charge in [0.05, 0.1) is 0 Å². The normalized spacial score (nSPS) is 12.9. The van der Waals surface area contributed by atoms with Crippen LogP contribution in [0.2, 0.25) is 0 Å². The van der Waals surface area contributed by atoms with E-state index in [4.69, 9.17) is 5.73 Å². The molecule has 0 aromatic rings. The van der Waals surface area contributed by atoms with E-state index in [1.807, 2.05) is 0 Å². The molecule has 0 saturated carbocycles. The van der Waals surface area contributed by atoms with Crippen LogP contribution in [-0.2, 0) is 4.79 Å². The number of nitrogens with two attached hydrogens (primary N) is 1. The maximum absolute atomic E-state index is 11.7. The molecule has 0 saturated heterocycles. The number of carbonyl (C=O) groups excluding carboxylic acids is 1. The fourth-order valence-corrected chi connectivity index (χ4v) is 1.63. The highest BCUT2D eigenvalue weighted by Gasteiger charge is 2.19. The van der Waals surface area contributed by atoms with E-state index in [0.717, 1.165) is 25.7 Å². The molecule has 0 aliphatic carbocycles. The first-order chi connectivity index (χ1) is 7.16. The molecule has 0 rings (SSSR count). The molecule has 16 heavy (non-hydrogen) atoms. The standard InChI is InChI=1S/C14H29NO/c1-13(2,3)8-6-12(16)7-9-14(4,5)10-11-15/h6-11,15H2,1-5H3. The fourth-order valence-electron chi connectivity index (χ4n) is 1.63. The van der Waals surface area contributed by atoms with Crippen molar-refractivity contribution in [2.75, 3.05) is 6.54 Å². The minimum Gasteiger partial charge on any atom is -0.330 e. The summed E-state index contributed by atoms with van der Waals surface area (Å²) in [5.74, 6) is 0.403. The van der Waals surface area contributed by atoms with Crippen LogP contribution in [0.1, 0.15) is 66.7 Å². The van der Waals surface area contributed by atoms with Gasteiger partial charge in [-0.2, -0.15) is 0 Å². The summed E-state index contributed by atoms with van der Waals surface area (Å²) >= 11 is 0. The second kappa shape index (κ2) is 6.39. The predicted octanol–water partition coefficient (Wildman–Crippen LogP) is 3.54. The molecule has 0 heterocycles. The Labute approximate surface area is 101 Å². The molecule has 0 aliphatic rings. The summed E-state index contributed by atoms with van der Waals surface area (Å²) in [6.07, 6.45) is 4.39. The van der Waals surface area contributed by atoms with E-state index in [2.05, 4.69) is 34.6 Å². The first kappa shape index (κ1) is 15.6. The van der Waals surface area contributed by atoms with Crippen LogP contribution in [0.3, 0.4) is 0 Å². The van der Waals surface area contributed by atoms with Crippen molar-refractivity contribution in [3.8, 4) is 0 Å². The number of carbonyl (C=O) groups is 1. The van der Waals surface area contributed by atoms with E-state index in [1.54, 1.807) is 0 Å². The van der Waals surface area contributed by atoms with Crippen molar-refractivity contribution >= 4 is 5.78 Å². The molecule has 2 nitrogen and oxygen atoms in total. The molecule has 0 aromatic carbocycles. The number of ketones is 1. The molecular weight excluding hydrogens is 198 g/mol. The van der Waals surface area contributed by atoms with Crippen LogP contribution in [0, 0.1) is 10.8 Å². The lowest BCUT2D eigenvalue weighted by Gasteiger charge is -2.23. The fraction of sp³-hybridized carbons (Fsp3) is 0.929. The first-order valence-corrected chi connectivity index (χ1v) is 6.38. The highest BCUT2D eigenvalue weighted by molar-refractivity contribution is 5.78. The van der Waals surface area contributed by atoms with Gasteiger partial charge >= 0.3 is 0 Å². The van der Waals surface area contributed by atoms with Crippen LogP contribution >= 0.6 is 0 Å². The van der Waals surface area contributed by atoms with Crippen LogP contribution in [0.5, 0.6) is 0 Å². The third kappa shape index (κ3) is 8.90. The largest absolute Gasteiger partial charge is 0.330 e. The first-order valence-electron chi connectivity index (χ1n) is 6.38. The Balaban J connectivity index is 3.81. The van der Waals surface area contributed by atoms with E-state index < -0.39 is 0 Å². The zero-order valence-corrected chi connectivity index (χ0v) is 11.7. The van der Waals surface area contributed by atoms with Crippen molar-refractivity contribution in [3.63, 3.8) is 0 Å². The quantitative estimate of drug-likeness (QED) is 0.723. The lowest BCUT2D eigenvalue weighted by atomic mass is 9.82. The van der Waals surface area contributed by atoms with Gasteiger partial charge in [-0.3, -0.25) is 4.79 Å². The SMILES string of the molecule is CC(C)(C)CCC(=O)CCC(C)(C)CCN. The van der Waals surface area contributed by atoms with Crippen molar-refractivity contribution in [1.82, 2.24) is 0 Å². The monoisotopic (exact) mass is 227 g/mol. The van der Waals surface area contributed by atoms with Gasteiger partial charge in [-0.1, -0.05) is 34.6 Å². The Bertz CT molecular complexity index is 213. The Hall–Kier alpha value is -0.370. The molecule has 0 bridgehead atoms. The molecular formula is C14H29NO. The second-order valence-electron chi connectivity index (χ2n) is 6.80. The molecule has 0 amide bonds. The summed E-state index contributed by atoms with van der Waals surface area (Å²) in [5, 5.41) is 0. The maximum Gasteiger partial charge on any atom is 0.132 e. The van der Waals surface area contributed by atoms with E-state index in [0.29, 0.717) is 18.7 Å². The summed E-state index contributed by atoms with van der Waals surface area (Å²) in [6.45, 7) is 11.6. The molecule has 0 atom stereocenters. The molecule has 96 valence electrons. The second-order valence-corrected chi connectivity index (χ2v) is 6.80. The average Bonchev–Trinajstić information content (AvgIpc) is 2.10. The van der Waals surface area contributed by atoms with Crippen LogP contribution in [0.15, 0.2) is 0 Å². The van der Waals surface area contributed by atoms with Crippen molar-refractivity contribution in [3.05, 3.63) is 0 Å². The number of rotatable bonds is 7. The van der Waals surface area contributed by atoms with Gasteiger partial charge in [0, 0.05) is 12.8 Å². The van der Waals surface area contributed by atoms with Gasteiger partial charge in [-0.15, -0.1) is 0 Å². The van der Waals surface area contributed by atoms with Gasteiger partial charge in [0.1, 0.15) is 5.78 Å². The topological polar surface area (TPSA) is 43.1 Å². The van der Waals surface area contributed by atoms with E-state index >= 15 is 0 Å². The van der Waals surface area contributed by atoms with Gasteiger partial charge in [-0.25, -0.2) is 0 Å². The third-order valence-corrected chi connectivity index (χ3v) is 3.06. The summed E-state index contributed by atoms with van der Waals surface area (Å²) in [6, 6.07) is 0. The van der Waals surface area contributed by atoms with E-state index in [9.17, 15) is 4.79 Å². The van der Waals surface area contributed by atoms with E-state index in [1.165, 1.54) is 0 Å². The minimum atomic E-state index is 0.214. The Kier molecular flexibility index (Phi) is 6.24. The minimum absolute atomic E-state index is 0.214. The summed E-state index contributed by atoms with van der Waals surface area (Å²) < 4.78 is 0. The molecule has 0 fully saturated rings. The number of hydrogen-bond acceptors (Lipinski definition) is 2. The molecule has 0 spiro atoms. The van der Waals surface area contributed by atoms with Gasteiger partial charge in [0.2, 0.25) is 0 Å². The Morgan fingerprint density at radius 1 is 0.938 bits per heavy atom. The number of hydrogen-bond donors (Lipinski definition) is 1. The highest BCUT2D eigenvalue weighted by atomic mass is 16.1. The Morgan fingerprint density at radius 3 is 1.88 bits per heavy atom. The highest BCUT2D eigenvalue weighted by Crippen LogP contribution is 2.27. The van der Waals surface area contributed by atoms with Crippen molar-refractivity contribution in [2.45, 2.75) is 66.7 Å². The van der Waals surface area contributed by atoms with Gasteiger partial charge in [0.15, 0.2) is 0 Å². The lowest BCUT2D eigenvalue weighted by Crippen LogP contribution is -2.18. The molecule has 2 heteroatoms. The van der Waals surface area contributed by atoms with Gasteiger partial charge in [-0.05, 0) is 36.6 Å². The van der Waals surface area contributed by atoms with Crippen LogP contribution in [0.25, 0.3) is 0 Å². The maximum atomic E-state index is 11.7. The molecule has 0 aromatic heterocycles. The molecule has 2 N–H and O–H groups in total.